The van der Waals surface area contributed by atoms with Crippen molar-refractivity contribution in [1.82, 2.24) is 19.3 Å². The first-order chi connectivity index (χ1) is 17.1. The molecule has 1 unspecified atom stereocenters. The van der Waals surface area contributed by atoms with Gasteiger partial charge in [0.25, 0.3) is 5.56 Å². The predicted molar refractivity (Wildman–Crippen MR) is 126 cm³/mol. The normalized spacial score (nSPS) is 17.8. The number of aromatic nitrogens is 4. The van der Waals surface area contributed by atoms with Gasteiger partial charge >= 0.3 is 6.61 Å². The second-order valence-corrected chi connectivity index (χ2v) is 8.60. The van der Waals surface area contributed by atoms with Crippen LogP contribution in [0, 0.1) is 0 Å². The molecule has 0 radical (unpaired) electrons. The zero-order chi connectivity index (χ0) is 23.9. The number of hydrogen-bond acceptors (Lipinski definition) is 6. The lowest BCUT2D eigenvalue weighted by Gasteiger charge is -2.26. The van der Waals surface area contributed by atoms with Crippen LogP contribution in [0.5, 0.6) is 5.75 Å². The van der Waals surface area contributed by atoms with Crippen LogP contribution in [0.15, 0.2) is 59.7 Å². The van der Waals surface area contributed by atoms with Crippen LogP contribution in [-0.4, -0.2) is 52.2 Å². The Morgan fingerprint density at radius 1 is 1.00 bits per heavy atom. The molecule has 0 N–H and O–H groups in total. The number of fused-ring (bicyclic) bond motifs is 3. The number of para-hydroxylation sites is 1. The third-order valence-corrected chi connectivity index (χ3v) is 6.64. The number of hydrogen-bond donors (Lipinski definition) is 0. The van der Waals surface area contributed by atoms with Gasteiger partial charge in [0.2, 0.25) is 5.95 Å². The number of rotatable bonds is 5. The largest absolute Gasteiger partial charge is 0.434 e. The molecular weight excluding hydrogens is 456 g/mol. The van der Waals surface area contributed by atoms with Crippen molar-refractivity contribution in [3.63, 3.8) is 0 Å². The van der Waals surface area contributed by atoms with Crippen molar-refractivity contribution >= 4 is 16.9 Å². The smallest absolute Gasteiger partial charge is 0.387 e. The first kappa shape index (κ1) is 21.7. The van der Waals surface area contributed by atoms with Crippen molar-refractivity contribution in [2.45, 2.75) is 25.6 Å². The van der Waals surface area contributed by atoms with Crippen LogP contribution in [0.2, 0.25) is 0 Å². The van der Waals surface area contributed by atoms with Gasteiger partial charge in [0.15, 0.2) is 0 Å². The van der Waals surface area contributed by atoms with Gasteiger partial charge in [0, 0.05) is 43.2 Å². The Balaban J connectivity index is 1.40. The minimum Gasteiger partial charge on any atom is -0.434 e. The molecule has 35 heavy (non-hydrogen) atoms. The van der Waals surface area contributed by atoms with E-state index in [-0.39, 0.29) is 17.4 Å². The van der Waals surface area contributed by atoms with E-state index in [9.17, 15) is 13.6 Å². The Labute approximate surface area is 199 Å². The van der Waals surface area contributed by atoms with E-state index >= 15 is 0 Å². The van der Waals surface area contributed by atoms with Crippen molar-refractivity contribution in [3.05, 3.63) is 70.8 Å². The number of alkyl halides is 2. The van der Waals surface area contributed by atoms with Crippen LogP contribution in [-0.2, 0) is 11.3 Å². The maximum atomic E-state index is 13.1. The topological polar surface area (TPSA) is 74.4 Å². The fraction of sp³-hybridized carbons (Fsp3) is 0.320. The molecule has 4 heterocycles. The summed E-state index contributed by atoms with van der Waals surface area (Å²) < 4.78 is 39.8. The SMILES string of the molecule is O=c1c2ccc(-c3cnc(N4CCOCC4)nc3)cc2n2n1CCC2c1ccccc1OC(F)F. The molecule has 2 aromatic heterocycles. The van der Waals surface area contributed by atoms with E-state index in [4.69, 9.17) is 9.47 Å². The van der Waals surface area contributed by atoms with E-state index in [1.165, 1.54) is 6.07 Å². The minimum atomic E-state index is -2.92. The molecule has 4 aromatic rings. The van der Waals surface area contributed by atoms with Gasteiger partial charge in [-0.25, -0.2) is 14.6 Å². The van der Waals surface area contributed by atoms with Crippen molar-refractivity contribution in [2.75, 3.05) is 31.2 Å². The minimum absolute atomic E-state index is 0.0970. The lowest BCUT2D eigenvalue weighted by atomic mass is 10.0. The lowest BCUT2D eigenvalue weighted by Crippen LogP contribution is -2.37. The zero-order valence-corrected chi connectivity index (χ0v) is 18.8. The molecule has 0 amide bonds. The summed E-state index contributed by atoms with van der Waals surface area (Å²) in [7, 11) is 0. The number of morpholine rings is 1. The Morgan fingerprint density at radius 2 is 1.77 bits per heavy atom. The number of halogens is 2. The molecule has 1 atom stereocenters. The highest BCUT2D eigenvalue weighted by Gasteiger charge is 2.30. The fourth-order valence-corrected chi connectivity index (χ4v) is 5.00. The monoisotopic (exact) mass is 479 g/mol. The second-order valence-electron chi connectivity index (χ2n) is 8.60. The zero-order valence-electron chi connectivity index (χ0n) is 18.8. The van der Waals surface area contributed by atoms with Crippen LogP contribution >= 0.6 is 0 Å². The second kappa shape index (κ2) is 8.77. The highest BCUT2D eigenvalue weighted by atomic mass is 19.3. The quantitative estimate of drug-likeness (QED) is 0.435. The third-order valence-electron chi connectivity index (χ3n) is 6.64. The van der Waals surface area contributed by atoms with Crippen LogP contribution in [0.25, 0.3) is 22.0 Å². The summed E-state index contributed by atoms with van der Waals surface area (Å²) in [5, 5.41) is 0.580. The van der Waals surface area contributed by atoms with Crippen molar-refractivity contribution in [1.29, 1.82) is 0 Å². The number of ether oxygens (including phenoxy) is 2. The Kier molecular flexibility index (Phi) is 5.44. The molecule has 0 aliphatic carbocycles. The van der Waals surface area contributed by atoms with Gasteiger partial charge in [0.1, 0.15) is 5.75 Å². The summed E-state index contributed by atoms with van der Waals surface area (Å²) in [6.45, 7) is 0.389. The maximum Gasteiger partial charge on any atom is 0.387 e. The standard InChI is InChI=1S/C25H23F2N5O3/c26-24(27)35-22-4-2-1-3-18(22)20-7-8-31-23(33)19-6-5-16(13-21(19)32(20)31)17-14-28-25(29-15-17)30-9-11-34-12-10-30/h1-6,13-15,20,24H,7-12H2. The Morgan fingerprint density at radius 3 is 2.54 bits per heavy atom. The predicted octanol–water partition coefficient (Wildman–Crippen LogP) is 3.69. The van der Waals surface area contributed by atoms with Gasteiger partial charge in [-0.1, -0.05) is 24.3 Å². The van der Waals surface area contributed by atoms with Crippen LogP contribution in [0.3, 0.4) is 0 Å². The van der Waals surface area contributed by atoms with E-state index in [1.807, 2.05) is 16.8 Å². The van der Waals surface area contributed by atoms with Crippen molar-refractivity contribution in [3.8, 4) is 16.9 Å². The Bertz CT molecular complexity index is 1430. The molecule has 6 rings (SSSR count). The molecule has 1 saturated heterocycles. The molecular formula is C25H23F2N5O3. The molecule has 0 saturated carbocycles. The maximum absolute atomic E-state index is 13.1. The molecule has 1 fully saturated rings. The molecule has 0 spiro atoms. The van der Waals surface area contributed by atoms with Crippen molar-refractivity contribution < 1.29 is 18.3 Å². The van der Waals surface area contributed by atoms with Gasteiger partial charge in [-0.15, -0.1) is 0 Å². The van der Waals surface area contributed by atoms with Gasteiger partial charge in [-0.05, 0) is 30.2 Å². The summed E-state index contributed by atoms with van der Waals surface area (Å²) in [5.74, 6) is 0.785. The van der Waals surface area contributed by atoms with Gasteiger partial charge in [0.05, 0.1) is 30.2 Å². The first-order valence-corrected chi connectivity index (χ1v) is 11.5. The van der Waals surface area contributed by atoms with Crippen molar-refractivity contribution in [2.24, 2.45) is 0 Å². The van der Waals surface area contributed by atoms with Gasteiger partial charge in [-0.3, -0.25) is 9.48 Å². The van der Waals surface area contributed by atoms with E-state index in [0.29, 0.717) is 43.1 Å². The molecule has 2 aromatic carbocycles. The van der Waals surface area contributed by atoms with Crippen LogP contribution in [0.4, 0.5) is 14.7 Å². The fourth-order valence-electron chi connectivity index (χ4n) is 5.00. The molecule has 2 aliphatic heterocycles. The molecule has 0 bridgehead atoms. The average Bonchev–Trinajstić information content (AvgIpc) is 3.44. The highest BCUT2D eigenvalue weighted by Crippen LogP contribution is 2.37. The highest BCUT2D eigenvalue weighted by molar-refractivity contribution is 5.84. The van der Waals surface area contributed by atoms with Gasteiger partial charge < -0.3 is 14.4 Å². The number of benzene rings is 2. The van der Waals surface area contributed by atoms with E-state index in [0.717, 1.165) is 29.7 Å². The van der Waals surface area contributed by atoms with E-state index in [2.05, 4.69) is 14.9 Å². The molecule has 8 nitrogen and oxygen atoms in total. The Hall–Kier alpha value is -3.79. The van der Waals surface area contributed by atoms with Crippen LogP contribution < -0.4 is 15.2 Å². The van der Waals surface area contributed by atoms with Gasteiger partial charge in [-0.2, -0.15) is 8.78 Å². The summed E-state index contributed by atoms with van der Waals surface area (Å²) >= 11 is 0. The number of anilines is 1. The van der Waals surface area contributed by atoms with E-state index in [1.54, 1.807) is 41.3 Å². The number of nitrogens with zero attached hydrogens (tertiary/aromatic N) is 5. The summed E-state index contributed by atoms with van der Waals surface area (Å²) in [6.07, 6.45) is 4.17. The molecule has 2 aliphatic rings. The third kappa shape index (κ3) is 3.83. The average molecular weight is 479 g/mol. The molecule has 10 heteroatoms. The lowest BCUT2D eigenvalue weighted by molar-refractivity contribution is -0.0507. The summed E-state index contributed by atoms with van der Waals surface area (Å²) in [5.41, 5.74) is 2.96. The molecule has 180 valence electrons. The first-order valence-electron chi connectivity index (χ1n) is 11.5. The summed E-state index contributed by atoms with van der Waals surface area (Å²) in [4.78, 5) is 24.2. The van der Waals surface area contributed by atoms with E-state index < -0.39 is 6.61 Å². The summed E-state index contributed by atoms with van der Waals surface area (Å²) in [6, 6.07) is 12.1. The van der Waals surface area contributed by atoms with Crippen LogP contribution in [0.1, 0.15) is 18.0 Å².